The number of hydrogen-bond donors (Lipinski definition) is 1. The van der Waals surface area contributed by atoms with E-state index in [0.717, 1.165) is 11.4 Å². The van der Waals surface area contributed by atoms with Gasteiger partial charge in [-0.25, -0.2) is 9.48 Å². The van der Waals surface area contributed by atoms with Gasteiger partial charge < -0.3 is 9.84 Å². The second-order valence-electron chi connectivity index (χ2n) is 9.99. The standard InChI is InChI=1S/C28H29N7O6S/c1-18(36)41-16-19-17-42-27-24(26(38)35(27)25(19)28(39)40)10-23(37)15-34-14-22(31-32-34)13-33(11-20-6-2-4-8-29-20)12-21-7-3-5-9-30-21/h2-9,14,24,27H,10-13,15-17H2,1H3,(H,39,40)/t24-,27?/m1/s1. The fourth-order valence-electron chi connectivity index (χ4n) is 4.93. The fraction of sp³-hybridized carbons (Fsp3) is 0.357. The highest BCUT2D eigenvalue weighted by Gasteiger charge is 2.53. The van der Waals surface area contributed by atoms with Gasteiger partial charge in [0.15, 0.2) is 5.78 Å². The second kappa shape index (κ2) is 13.0. The molecule has 218 valence electrons. The minimum Gasteiger partial charge on any atom is -0.477 e. The van der Waals surface area contributed by atoms with Gasteiger partial charge in [0.05, 0.1) is 34.6 Å². The lowest BCUT2D eigenvalue weighted by Gasteiger charge is -2.49. The van der Waals surface area contributed by atoms with E-state index < -0.39 is 29.1 Å². The first kappa shape index (κ1) is 29.1. The van der Waals surface area contributed by atoms with Crippen LogP contribution in [0.5, 0.6) is 0 Å². The zero-order valence-corrected chi connectivity index (χ0v) is 23.6. The Hall–Kier alpha value is -4.43. The van der Waals surface area contributed by atoms with Gasteiger partial charge in [-0.1, -0.05) is 17.3 Å². The lowest BCUT2D eigenvalue weighted by atomic mass is 9.90. The number of rotatable bonds is 13. The molecule has 5 heterocycles. The van der Waals surface area contributed by atoms with Crippen molar-refractivity contribution in [1.82, 2.24) is 34.8 Å². The smallest absolute Gasteiger partial charge is 0.352 e. The lowest BCUT2D eigenvalue weighted by molar-refractivity contribution is -0.154. The zero-order chi connectivity index (χ0) is 29.6. The molecule has 0 saturated carbocycles. The maximum absolute atomic E-state index is 12.9. The van der Waals surface area contributed by atoms with E-state index >= 15 is 0 Å². The van der Waals surface area contributed by atoms with E-state index in [9.17, 15) is 24.3 Å². The largest absolute Gasteiger partial charge is 0.477 e. The average Bonchev–Trinajstić information content (AvgIpc) is 3.41. The van der Waals surface area contributed by atoms with E-state index in [-0.39, 0.29) is 36.8 Å². The summed E-state index contributed by atoms with van der Waals surface area (Å²) in [5.74, 6) is -2.80. The third-order valence-electron chi connectivity index (χ3n) is 6.79. The maximum atomic E-state index is 12.9. The minimum absolute atomic E-state index is 0.0418. The minimum atomic E-state index is -1.27. The van der Waals surface area contributed by atoms with Crippen LogP contribution in [0.3, 0.4) is 0 Å². The van der Waals surface area contributed by atoms with Crippen molar-refractivity contribution in [3.05, 3.63) is 83.3 Å². The van der Waals surface area contributed by atoms with Crippen LogP contribution in [-0.2, 0) is 50.1 Å². The quantitative estimate of drug-likeness (QED) is 0.226. The molecule has 0 aliphatic carbocycles. The third-order valence-corrected chi connectivity index (χ3v) is 8.19. The highest BCUT2D eigenvalue weighted by Crippen LogP contribution is 2.45. The van der Waals surface area contributed by atoms with Gasteiger partial charge >= 0.3 is 11.9 Å². The molecule has 3 aromatic heterocycles. The van der Waals surface area contributed by atoms with Crippen LogP contribution in [0.4, 0.5) is 0 Å². The van der Waals surface area contributed by atoms with Crippen molar-refractivity contribution in [2.24, 2.45) is 5.92 Å². The summed E-state index contributed by atoms with van der Waals surface area (Å²) in [5.41, 5.74) is 2.65. The normalized spacial score (nSPS) is 18.0. The molecule has 0 aromatic carbocycles. The van der Waals surface area contributed by atoms with Gasteiger partial charge in [0.25, 0.3) is 0 Å². The molecule has 42 heavy (non-hydrogen) atoms. The number of aromatic nitrogens is 5. The summed E-state index contributed by atoms with van der Waals surface area (Å²) < 4.78 is 6.41. The number of esters is 1. The number of carboxylic acid groups (broad SMARTS) is 1. The van der Waals surface area contributed by atoms with Gasteiger partial charge in [-0.2, -0.15) is 0 Å². The van der Waals surface area contributed by atoms with E-state index in [2.05, 4.69) is 25.2 Å². The number of β-lactam (4-membered cyclic amide) rings is 1. The number of Topliss-reactive ketones (excluding diaryl/α,β-unsaturated/α-hetero) is 1. The number of aliphatic carboxylic acids is 1. The molecule has 0 bridgehead atoms. The Labute approximate surface area is 245 Å². The highest BCUT2D eigenvalue weighted by molar-refractivity contribution is 8.00. The Morgan fingerprint density at radius 1 is 1.05 bits per heavy atom. The summed E-state index contributed by atoms with van der Waals surface area (Å²) in [5, 5.41) is 17.6. The number of thioether (sulfide) groups is 1. The van der Waals surface area contributed by atoms with E-state index in [4.69, 9.17) is 4.74 Å². The number of carbonyl (C=O) groups is 4. The zero-order valence-electron chi connectivity index (χ0n) is 22.8. The number of carbonyl (C=O) groups excluding carboxylic acids is 3. The van der Waals surface area contributed by atoms with Crippen molar-refractivity contribution in [3.8, 4) is 0 Å². The van der Waals surface area contributed by atoms with E-state index in [1.807, 2.05) is 36.4 Å². The summed E-state index contributed by atoms with van der Waals surface area (Å²) >= 11 is 1.36. The molecule has 1 fully saturated rings. The van der Waals surface area contributed by atoms with E-state index in [0.29, 0.717) is 30.9 Å². The Balaban J connectivity index is 1.19. The molecule has 5 rings (SSSR count). The Kier molecular flexibility index (Phi) is 9.03. The molecular formula is C28H29N7O6S. The van der Waals surface area contributed by atoms with Crippen molar-refractivity contribution >= 4 is 35.4 Å². The van der Waals surface area contributed by atoms with Crippen molar-refractivity contribution in [1.29, 1.82) is 0 Å². The van der Waals surface area contributed by atoms with Gasteiger partial charge in [0.1, 0.15) is 18.8 Å². The van der Waals surface area contributed by atoms with Crippen LogP contribution in [-0.4, -0.2) is 81.2 Å². The van der Waals surface area contributed by atoms with Gasteiger partial charge in [0.2, 0.25) is 5.91 Å². The molecule has 1 N–H and O–H groups in total. The number of pyridine rings is 2. The molecule has 1 saturated heterocycles. The van der Waals surface area contributed by atoms with Crippen molar-refractivity contribution in [3.63, 3.8) is 0 Å². The van der Waals surface area contributed by atoms with Crippen LogP contribution in [0.25, 0.3) is 0 Å². The lowest BCUT2D eigenvalue weighted by Crippen LogP contribution is -2.62. The topological polar surface area (TPSA) is 161 Å². The van der Waals surface area contributed by atoms with Crippen LogP contribution in [0.2, 0.25) is 0 Å². The van der Waals surface area contributed by atoms with E-state index in [1.54, 1.807) is 18.6 Å². The molecule has 0 spiro atoms. The SMILES string of the molecule is CC(=O)OCC1=C(C(=O)O)N2C(=O)[C@@H](CC(=O)Cn3cc(CN(Cc4ccccn4)Cc4ccccn4)nn3)C2SC1. The summed E-state index contributed by atoms with van der Waals surface area (Å²) in [6.07, 6.45) is 5.15. The molecule has 1 amide bonds. The molecule has 14 heteroatoms. The number of carboxylic acids is 1. The van der Waals surface area contributed by atoms with Crippen LogP contribution in [0.15, 0.2) is 66.3 Å². The fourth-order valence-corrected chi connectivity index (χ4v) is 6.33. The van der Waals surface area contributed by atoms with Crippen molar-refractivity contribution in [2.45, 2.75) is 44.9 Å². The molecule has 13 nitrogen and oxygen atoms in total. The molecule has 2 atom stereocenters. The van der Waals surface area contributed by atoms with Gasteiger partial charge in [-0.05, 0) is 24.3 Å². The predicted molar refractivity (Wildman–Crippen MR) is 149 cm³/mol. The number of nitrogens with zero attached hydrogens (tertiary/aromatic N) is 7. The molecule has 2 aliphatic heterocycles. The maximum Gasteiger partial charge on any atom is 0.352 e. The first-order valence-electron chi connectivity index (χ1n) is 13.2. The first-order chi connectivity index (χ1) is 20.3. The van der Waals surface area contributed by atoms with Crippen molar-refractivity contribution < 1.29 is 29.0 Å². The van der Waals surface area contributed by atoms with Crippen LogP contribution in [0, 0.1) is 5.92 Å². The number of fused-ring (bicyclic) bond motifs is 1. The van der Waals surface area contributed by atoms with Crippen LogP contribution in [0.1, 0.15) is 30.4 Å². The summed E-state index contributed by atoms with van der Waals surface area (Å²) in [6.45, 7) is 2.56. The van der Waals surface area contributed by atoms with Gasteiger partial charge in [-0.15, -0.1) is 16.9 Å². The number of hydrogen-bond acceptors (Lipinski definition) is 11. The highest BCUT2D eigenvalue weighted by atomic mass is 32.2. The Morgan fingerprint density at radius 2 is 1.71 bits per heavy atom. The number of ketones is 1. The monoisotopic (exact) mass is 591 g/mol. The van der Waals surface area contributed by atoms with E-state index in [1.165, 1.54) is 28.3 Å². The molecule has 1 unspecified atom stereocenters. The van der Waals surface area contributed by atoms with Crippen LogP contribution < -0.4 is 0 Å². The van der Waals surface area contributed by atoms with Crippen LogP contribution >= 0.6 is 11.8 Å². The Morgan fingerprint density at radius 3 is 2.31 bits per heavy atom. The molecule has 0 radical (unpaired) electrons. The molecule has 3 aromatic rings. The summed E-state index contributed by atoms with van der Waals surface area (Å²) in [6, 6.07) is 11.5. The summed E-state index contributed by atoms with van der Waals surface area (Å²) in [4.78, 5) is 61.1. The predicted octanol–water partition coefficient (Wildman–Crippen LogP) is 1.66. The number of ether oxygens (including phenoxy) is 1. The Bertz CT molecular complexity index is 1460. The van der Waals surface area contributed by atoms with Gasteiger partial charge in [0, 0.05) is 56.7 Å². The molecule has 2 aliphatic rings. The van der Waals surface area contributed by atoms with Crippen molar-refractivity contribution in [2.75, 3.05) is 12.4 Å². The third kappa shape index (κ3) is 6.89. The summed E-state index contributed by atoms with van der Waals surface area (Å²) in [7, 11) is 0. The second-order valence-corrected chi connectivity index (χ2v) is 11.1. The number of amides is 1. The molecular weight excluding hydrogens is 562 g/mol. The average molecular weight is 592 g/mol. The van der Waals surface area contributed by atoms with Gasteiger partial charge in [-0.3, -0.25) is 34.2 Å². The first-order valence-corrected chi connectivity index (χ1v) is 14.3.